The molecule has 10 heteroatoms. The lowest BCUT2D eigenvalue weighted by molar-refractivity contribution is 0.0685. The summed E-state index contributed by atoms with van der Waals surface area (Å²) in [6, 6.07) is 1.72. The van der Waals surface area contributed by atoms with E-state index in [-0.39, 0.29) is 18.1 Å². The van der Waals surface area contributed by atoms with Gasteiger partial charge in [-0.25, -0.2) is 28.1 Å². The molecule has 0 bridgehead atoms. The van der Waals surface area contributed by atoms with E-state index in [1.54, 1.807) is 30.1 Å². The van der Waals surface area contributed by atoms with Crippen molar-refractivity contribution in [2.24, 2.45) is 7.05 Å². The molecule has 0 amide bonds. The van der Waals surface area contributed by atoms with Crippen LogP contribution in [0.1, 0.15) is 6.42 Å². The molecule has 1 fully saturated rings. The maximum atomic E-state index is 12.2. The molecule has 1 atom stereocenters. The van der Waals surface area contributed by atoms with Crippen LogP contribution < -0.4 is 9.62 Å². The summed E-state index contributed by atoms with van der Waals surface area (Å²) in [6.07, 6.45) is 6.50. The molecule has 9 nitrogen and oxygen atoms in total. The minimum atomic E-state index is -3.74. The van der Waals surface area contributed by atoms with Crippen molar-refractivity contribution < 1.29 is 13.5 Å². The monoisotopic (exact) mass is 338 g/mol. The maximum absolute atomic E-state index is 12.2. The summed E-state index contributed by atoms with van der Waals surface area (Å²) in [5.41, 5.74) is -1.17. The normalized spacial score (nSPS) is 21.7. The van der Waals surface area contributed by atoms with Gasteiger partial charge in [-0.3, -0.25) is 0 Å². The van der Waals surface area contributed by atoms with Gasteiger partial charge in [0.2, 0.25) is 5.95 Å². The first-order chi connectivity index (χ1) is 10.9. The Hall–Kier alpha value is -2.04. The highest BCUT2D eigenvalue weighted by Crippen LogP contribution is 2.24. The molecular weight excluding hydrogens is 320 g/mol. The largest absolute Gasteiger partial charge is 0.387 e. The van der Waals surface area contributed by atoms with Crippen LogP contribution in [0.3, 0.4) is 0 Å². The van der Waals surface area contributed by atoms with Crippen LogP contribution in [-0.2, 0) is 17.1 Å². The van der Waals surface area contributed by atoms with Crippen molar-refractivity contribution in [3.63, 3.8) is 0 Å². The molecule has 1 aliphatic heterocycles. The number of anilines is 1. The van der Waals surface area contributed by atoms with Crippen LogP contribution in [0.15, 0.2) is 36.0 Å². The molecule has 2 aromatic heterocycles. The lowest BCUT2D eigenvalue weighted by Gasteiger charge is -2.23. The van der Waals surface area contributed by atoms with Crippen LogP contribution in [-0.4, -0.2) is 58.3 Å². The highest BCUT2D eigenvalue weighted by Gasteiger charge is 2.38. The second kappa shape index (κ2) is 5.87. The third kappa shape index (κ3) is 3.49. The second-order valence-electron chi connectivity index (χ2n) is 5.65. The first kappa shape index (κ1) is 15.8. The van der Waals surface area contributed by atoms with Crippen LogP contribution >= 0.6 is 0 Å². The molecule has 2 N–H and O–H groups in total. The fraction of sp³-hybridized carbons (Fsp3) is 0.462. The average molecular weight is 338 g/mol. The number of hydrogen-bond acceptors (Lipinski definition) is 7. The molecule has 0 radical (unpaired) electrons. The second-order valence-corrected chi connectivity index (χ2v) is 7.36. The Morgan fingerprint density at radius 1 is 1.35 bits per heavy atom. The molecule has 124 valence electrons. The van der Waals surface area contributed by atoms with Gasteiger partial charge in [0.1, 0.15) is 0 Å². The van der Waals surface area contributed by atoms with Crippen molar-refractivity contribution in [2.75, 3.05) is 24.5 Å². The molecule has 3 heterocycles. The Balaban J connectivity index is 1.64. The van der Waals surface area contributed by atoms with E-state index >= 15 is 0 Å². The lowest BCUT2D eigenvalue weighted by Crippen LogP contribution is -2.45. The van der Waals surface area contributed by atoms with Crippen molar-refractivity contribution >= 4 is 16.0 Å². The van der Waals surface area contributed by atoms with E-state index in [9.17, 15) is 13.5 Å². The van der Waals surface area contributed by atoms with Gasteiger partial charge >= 0.3 is 0 Å². The van der Waals surface area contributed by atoms with Crippen LogP contribution in [0.2, 0.25) is 0 Å². The molecule has 1 saturated heterocycles. The SMILES string of the molecule is Cn1cnc(S(=O)(=O)NC[C@@]2(O)CCN(c3ncccn3)C2)c1. The quantitative estimate of drug-likeness (QED) is 0.728. The van der Waals surface area contributed by atoms with Crippen molar-refractivity contribution in [2.45, 2.75) is 17.0 Å². The highest BCUT2D eigenvalue weighted by molar-refractivity contribution is 7.89. The summed E-state index contributed by atoms with van der Waals surface area (Å²) in [5.74, 6) is 0.524. The van der Waals surface area contributed by atoms with Gasteiger partial charge in [0.25, 0.3) is 10.0 Å². The Bertz CT molecular complexity index is 778. The number of β-amino-alcohol motifs (C(OH)–C–C–N with tert-alkyl or cyclic N) is 1. The molecule has 1 aliphatic rings. The fourth-order valence-corrected chi connectivity index (χ4v) is 3.55. The molecule has 0 saturated carbocycles. The summed E-state index contributed by atoms with van der Waals surface area (Å²) in [4.78, 5) is 13.9. The minimum Gasteiger partial charge on any atom is -0.387 e. The molecule has 2 aromatic rings. The third-order valence-corrected chi connectivity index (χ3v) is 5.00. The highest BCUT2D eigenvalue weighted by atomic mass is 32.2. The zero-order chi connectivity index (χ0) is 16.5. The number of aliphatic hydroxyl groups is 1. The Kier molecular flexibility index (Phi) is 4.04. The maximum Gasteiger partial charge on any atom is 0.259 e. The van der Waals surface area contributed by atoms with Crippen molar-refractivity contribution in [1.82, 2.24) is 24.2 Å². The van der Waals surface area contributed by atoms with Crippen molar-refractivity contribution in [3.8, 4) is 0 Å². The number of sulfonamides is 1. The van der Waals surface area contributed by atoms with Gasteiger partial charge in [-0.15, -0.1) is 0 Å². The van der Waals surface area contributed by atoms with Crippen molar-refractivity contribution in [3.05, 3.63) is 31.0 Å². The van der Waals surface area contributed by atoms with Crippen LogP contribution in [0.5, 0.6) is 0 Å². The Labute approximate surface area is 134 Å². The number of nitrogens with zero attached hydrogens (tertiary/aromatic N) is 5. The van der Waals surface area contributed by atoms with Gasteiger partial charge < -0.3 is 14.6 Å². The van der Waals surface area contributed by atoms with E-state index in [4.69, 9.17) is 0 Å². The summed E-state index contributed by atoms with van der Waals surface area (Å²) in [6.45, 7) is 0.739. The summed E-state index contributed by atoms with van der Waals surface area (Å²) in [7, 11) is -2.05. The number of nitrogens with one attached hydrogen (secondary N) is 1. The fourth-order valence-electron chi connectivity index (χ4n) is 2.46. The zero-order valence-corrected chi connectivity index (χ0v) is 13.4. The zero-order valence-electron chi connectivity index (χ0n) is 12.6. The number of aryl methyl sites for hydroxylation is 1. The minimum absolute atomic E-state index is 0.0650. The molecular formula is C13H18N6O3S. The van der Waals surface area contributed by atoms with E-state index in [1.165, 1.54) is 12.5 Å². The van der Waals surface area contributed by atoms with Gasteiger partial charge in [-0.05, 0) is 12.5 Å². The van der Waals surface area contributed by atoms with Crippen LogP contribution in [0.4, 0.5) is 5.95 Å². The number of hydrogen-bond donors (Lipinski definition) is 2. The van der Waals surface area contributed by atoms with Gasteiger partial charge in [-0.2, -0.15) is 0 Å². The van der Waals surface area contributed by atoms with E-state index in [1.807, 2.05) is 4.90 Å². The van der Waals surface area contributed by atoms with E-state index in [0.29, 0.717) is 18.9 Å². The van der Waals surface area contributed by atoms with Gasteiger partial charge in [0, 0.05) is 38.7 Å². The predicted molar refractivity (Wildman–Crippen MR) is 82.2 cm³/mol. The predicted octanol–water partition coefficient (Wildman–Crippen LogP) is -0.870. The van der Waals surface area contributed by atoms with E-state index in [0.717, 1.165) is 0 Å². The average Bonchev–Trinajstić information content (AvgIpc) is 3.14. The number of imidazole rings is 1. The van der Waals surface area contributed by atoms with E-state index < -0.39 is 15.6 Å². The van der Waals surface area contributed by atoms with Crippen LogP contribution in [0.25, 0.3) is 0 Å². The standard InChI is InChI=1S/C13H18N6O3S/c1-18-7-11(16-10-18)23(21,22)17-8-13(20)3-6-19(9-13)12-14-4-2-5-15-12/h2,4-5,7,10,17,20H,3,6,8-9H2,1H3/t13-/m0/s1. The summed E-state index contributed by atoms with van der Waals surface area (Å²) < 4.78 is 28.3. The third-order valence-electron chi connectivity index (χ3n) is 3.72. The first-order valence-electron chi connectivity index (χ1n) is 7.10. The van der Waals surface area contributed by atoms with Gasteiger partial charge in [0.15, 0.2) is 5.03 Å². The van der Waals surface area contributed by atoms with Gasteiger partial charge in [0.05, 0.1) is 18.5 Å². The molecule has 0 unspecified atom stereocenters. The number of rotatable bonds is 5. The molecule has 0 aromatic carbocycles. The Morgan fingerprint density at radius 2 is 2.09 bits per heavy atom. The lowest BCUT2D eigenvalue weighted by atomic mass is 10.0. The topological polar surface area (TPSA) is 113 Å². The molecule has 23 heavy (non-hydrogen) atoms. The van der Waals surface area contributed by atoms with Crippen molar-refractivity contribution in [1.29, 1.82) is 0 Å². The number of aromatic nitrogens is 4. The molecule has 0 aliphatic carbocycles. The smallest absolute Gasteiger partial charge is 0.259 e. The molecule has 0 spiro atoms. The van der Waals surface area contributed by atoms with Gasteiger partial charge in [-0.1, -0.05) is 0 Å². The summed E-state index contributed by atoms with van der Waals surface area (Å²) >= 11 is 0. The Morgan fingerprint density at radius 3 is 2.74 bits per heavy atom. The summed E-state index contributed by atoms with van der Waals surface area (Å²) in [5, 5.41) is 10.5. The molecule has 3 rings (SSSR count). The van der Waals surface area contributed by atoms with E-state index in [2.05, 4.69) is 19.7 Å². The van der Waals surface area contributed by atoms with Crippen LogP contribution in [0, 0.1) is 0 Å². The first-order valence-corrected chi connectivity index (χ1v) is 8.58.